The summed E-state index contributed by atoms with van der Waals surface area (Å²) in [5.74, 6) is 1.38. The maximum atomic E-state index is 12.4. The van der Waals surface area contributed by atoms with E-state index in [-0.39, 0.29) is 18.9 Å². The highest BCUT2D eigenvalue weighted by Gasteiger charge is 2.14. The van der Waals surface area contributed by atoms with Gasteiger partial charge < -0.3 is 19.9 Å². The van der Waals surface area contributed by atoms with Crippen molar-refractivity contribution < 1.29 is 14.6 Å². The molecule has 0 unspecified atom stereocenters. The van der Waals surface area contributed by atoms with Gasteiger partial charge in [-0.2, -0.15) is 0 Å². The molecule has 1 aromatic heterocycles. The molecule has 128 valence electrons. The van der Waals surface area contributed by atoms with E-state index in [1.54, 1.807) is 18.2 Å². The number of nitrogens with zero attached hydrogens (tertiary/aromatic N) is 2. The number of hydrogen-bond donors (Lipinski definition) is 2. The number of fused-ring (bicyclic) bond motifs is 2. The zero-order chi connectivity index (χ0) is 17.2. The van der Waals surface area contributed by atoms with Gasteiger partial charge in [-0.1, -0.05) is 12.1 Å². The summed E-state index contributed by atoms with van der Waals surface area (Å²) in [4.78, 5) is 16.7. The third kappa shape index (κ3) is 3.14. The Kier molecular flexibility index (Phi) is 3.99. The molecule has 0 spiro atoms. The van der Waals surface area contributed by atoms with Crippen LogP contribution < -0.4 is 20.3 Å². The van der Waals surface area contributed by atoms with Crippen LogP contribution in [0, 0.1) is 0 Å². The largest absolute Gasteiger partial charge is 0.454 e. The van der Waals surface area contributed by atoms with Crippen molar-refractivity contribution in [2.24, 2.45) is 0 Å². The van der Waals surface area contributed by atoms with E-state index in [1.807, 2.05) is 24.3 Å². The van der Waals surface area contributed by atoms with E-state index in [1.165, 1.54) is 10.9 Å². The second-order valence-corrected chi connectivity index (χ2v) is 5.82. The number of nitrogens with one attached hydrogen (secondary N) is 1. The van der Waals surface area contributed by atoms with Crippen molar-refractivity contribution in [3.63, 3.8) is 0 Å². The summed E-state index contributed by atoms with van der Waals surface area (Å²) >= 11 is 0. The lowest BCUT2D eigenvalue weighted by molar-refractivity contribution is 0.165. The van der Waals surface area contributed by atoms with Gasteiger partial charge >= 0.3 is 0 Å². The number of anilines is 1. The molecule has 0 aliphatic carbocycles. The zero-order valence-corrected chi connectivity index (χ0v) is 13.4. The molecule has 7 nitrogen and oxygen atoms in total. The topological polar surface area (TPSA) is 85.6 Å². The Labute approximate surface area is 143 Å². The summed E-state index contributed by atoms with van der Waals surface area (Å²) < 4.78 is 12.0. The monoisotopic (exact) mass is 339 g/mol. The molecule has 3 aromatic rings. The molecule has 0 radical (unpaired) electrons. The van der Waals surface area contributed by atoms with Crippen LogP contribution in [0.2, 0.25) is 0 Å². The van der Waals surface area contributed by atoms with Crippen molar-refractivity contribution in [2.45, 2.75) is 12.6 Å². The first kappa shape index (κ1) is 15.5. The molecule has 1 aliphatic heterocycles. The Morgan fingerprint density at radius 1 is 1.20 bits per heavy atom. The first-order valence-corrected chi connectivity index (χ1v) is 7.96. The lowest BCUT2D eigenvalue weighted by Gasteiger charge is -2.14. The first-order chi connectivity index (χ1) is 12.2. The molecule has 2 aromatic carbocycles. The van der Waals surface area contributed by atoms with Crippen molar-refractivity contribution in [3.05, 3.63) is 59.1 Å². The Morgan fingerprint density at radius 3 is 2.96 bits per heavy atom. The molecule has 0 amide bonds. The van der Waals surface area contributed by atoms with E-state index in [2.05, 4.69) is 10.3 Å². The third-order valence-corrected chi connectivity index (χ3v) is 4.05. The molecule has 0 fully saturated rings. The summed E-state index contributed by atoms with van der Waals surface area (Å²) in [7, 11) is 0. The minimum atomic E-state index is -0.744. The van der Waals surface area contributed by atoms with Crippen LogP contribution in [0.4, 0.5) is 5.69 Å². The summed E-state index contributed by atoms with van der Waals surface area (Å²) in [5.41, 5.74) is 1.30. The van der Waals surface area contributed by atoms with E-state index >= 15 is 0 Å². The molecule has 0 bridgehead atoms. The minimum Gasteiger partial charge on any atom is -0.454 e. The van der Waals surface area contributed by atoms with Gasteiger partial charge in [-0.3, -0.25) is 9.36 Å². The standard InChI is InChI=1S/C18H17N3O4/c22-13(8-19-12-5-6-16-17(7-12)25-11-24-16)9-21-10-20-15-4-2-1-3-14(15)18(21)23/h1-7,10,13,19,22H,8-9,11H2/t13-/m1/s1. The van der Waals surface area contributed by atoms with Gasteiger partial charge in [0, 0.05) is 18.3 Å². The van der Waals surface area contributed by atoms with E-state index in [9.17, 15) is 9.90 Å². The number of benzene rings is 2. The fourth-order valence-corrected chi connectivity index (χ4v) is 2.77. The molecular weight excluding hydrogens is 322 g/mol. The average Bonchev–Trinajstić information content (AvgIpc) is 3.10. The van der Waals surface area contributed by atoms with Gasteiger partial charge in [-0.15, -0.1) is 0 Å². The predicted molar refractivity (Wildman–Crippen MR) is 93.1 cm³/mol. The highest BCUT2D eigenvalue weighted by molar-refractivity contribution is 5.76. The molecule has 0 saturated carbocycles. The summed E-state index contributed by atoms with van der Waals surface area (Å²) in [5, 5.41) is 13.9. The average molecular weight is 339 g/mol. The van der Waals surface area contributed by atoms with E-state index < -0.39 is 6.10 Å². The van der Waals surface area contributed by atoms with Crippen molar-refractivity contribution in [3.8, 4) is 11.5 Å². The van der Waals surface area contributed by atoms with E-state index in [0.29, 0.717) is 28.9 Å². The Bertz CT molecular complexity index is 970. The fraction of sp³-hybridized carbons (Fsp3) is 0.222. The SMILES string of the molecule is O=c1c2ccccc2ncn1C[C@H](O)CNc1ccc2c(c1)OCO2. The number of ether oxygens (including phenoxy) is 2. The number of aliphatic hydroxyl groups is 1. The van der Waals surface area contributed by atoms with Gasteiger partial charge in [0.05, 0.1) is 29.9 Å². The van der Waals surface area contributed by atoms with Crippen molar-refractivity contribution in [2.75, 3.05) is 18.7 Å². The maximum Gasteiger partial charge on any atom is 0.261 e. The van der Waals surface area contributed by atoms with Crippen molar-refractivity contribution in [1.29, 1.82) is 0 Å². The number of rotatable bonds is 5. The summed E-state index contributed by atoms with van der Waals surface area (Å²) in [6.07, 6.45) is 0.722. The normalized spacial score (nSPS) is 13.8. The van der Waals surface area contributed by atoms with Crippen LogP contribution in [0.3, 0.4) is 0 Å². The molecule has 25 heavy (non-hydrogen) atoms. The molecule has 0 saturated heterocycles. The number of para-hydroxylation sites is 1. The van der Waals surface area contributed by atoms with Crippen LogP contribution in [0.5, 0.6) is 11.5 Å². The van der Waals surface area contributed by atoms with E-state index in [4.69, 9.17) is 9.47 Å². The fourth-order valence-electron chi connectivity index (χ4n) is 2.77. The van der Waals surface area contributed by atoms with Gasteiger partial charge in [0.1, 0.15) is 0 Å². The van der Waals surface area contributed by atoms with Crippen molar-refractivity contribution >= 4 is 16.6 Å². The zero-order valence-electron chi connectivity index (χ0n) is 13.4. The molecule has 4 rings (SSSR count). The third-order valence-electron chi connectivity index (χ3n) is 4.05. The van der Waals surface area contributed by atoms with Crippen molar-refractivity contribution in [1.82, 2.24) is 9.55 Å². The first-order valence-electron chi connectivity index (χ1n) is 7.96. The lowest BCUT2D eigenvalue weighted by Crippen LogP contribution is -2.31. The maximum absolute atomic E-state index is 12.4. The van der Waals surface area contributed by atoms with Gasteiger partial charge in [0.2, 0.25) is 6.79 Å². The highest BCUT2D eigenvalue weighted by Crippen LogP contribution is 2.34. The molecule has 2 N–H and O–H groups in total. The minimum absolute atomic E-state index is 0.160. The predicted octanol–water partition coefficient (Wildman–Crippen LogP) is 1.60. The highest BCUT2D eigenvalue weighted by atomic mass is 16.7. The summed E-state index contributed by atoms with van der Waals surface area (Å²) in [6, 6.07) is 12.6. The molecule has 7 heteroatoms. The van der Waals surface area contributed by atoms with Gasteiger partial charge in [-0.05, 0) is 24.3 Å². The second-order valence-electron chi connectivity index (χ2n) is 5.82. The van der Waals surface area contributed by atoms with Crippen LogP contribution in [-0.2, 0) is 6.54 Å². The molecular formula is C18H17N3O4. The molecule has 1 atom stereocenters. The molecule has 1 aliphatic rings. The Balaban J connectivity index is 1.43. The summed E-state index contributed by atoms with van der Waals surface area (Å²) in [6.45, 7) is 0.673. The lowest BCUT2D eigenvalue weighted by atomic mass is 10.2. The van der Waals surface area contributed by atoms with Crippen LogP contribution in [-0.4, -0.2) is 34.1 Å². The number of hydrogen-bond acceptors (Lipinski definition) is 6. The number of aliphatic hydroxyl groups excluding tert-OH is 1. The van der Waals surface area contributed by atoms with E-state index in [0.717, 1.165) is 5.69 Å². The van der Waals surface area contributed by atoms with Crippen LogP contribution in [0.15, 0.2) is 53.6 Å². The van der Waals surface area contributed by atoms with Crippen LogP contribution in [0.1, 0.15) is 0 Å². The van der Waals surface area contributed by atoms with Gasteiger partial charge in [0.25, 0.3) is 5.56 Å². The van der Waals surface area contributed by atoms with Gasteiger partial charge in [0.15, 0.2) is 11.5 Å². The van der Waals surface area contributed by atoms with Crippen LogP contribution in [0.25, 0.3) is 10.9 Å². The smallest absolute Gasteiger partial charge is 0.261 e. The Morgan fingerprint density at radius 2 is 2.04 bits per heavy atom. The quantitative estimate of drug-likeness (QED) is 0.734. The molecule has 2 heterocycles. The van der Waals surface area contributed by atoms with Gasteiger partial charge in [-0.25, -0.2) is 4.98 Å². The number of aromatic nitrogens is 2. The van der Waals surface area contributed by atoms with Crippen LogP contribution >= 0.6 is 0 Å². The second kappa shape index (κ2) is 6.45. The Hall–Kier alpha value is -3.06.